The second-order valence-electron chi connectivity index (χ2n) is 2.43. The van der Waals surface area contributed by atoms with E-state index in [1.54, 1.807) is 26.2 Å². The highest BCUT2D eigenvalue weighted by molar-refractivity contribution is 7.80. The van der Waals surface area contributed by atoms with Crippen LogP contribution in [0, 0.1) is 0 Å². The van der Waals surface area contributed by atoms with E-state index in [4.69, 9.17) is 4.28 Å². The number of hydroxylamine groups is 2. The van der Waals surface area contributed by atoms with E-state index in [1.807, 2.05) is 18.2 Å². The van der Waals surface area contributed by atoms with Gasteiger partial charge in [-0.05, 0) is 12.1 Å². The zero-order chi connectivity index (χ0) is 8.97. The average molecular weight is 185 g/mol. The second kappa shape index (κ2) is 4.35. The highest BCUT2D eigenvalue weighted by Crippen LogP contribution is 2.06. The molecule has 1 aromatic carbocycles. The number of benzene rings is 1. The monoisotopic (exact) mass is 185 g/mol. The summed E-state index contributed by atoms with van der Waals surface area (Å²) in [5, 5.41) is 1.42. The molecule has 0 radical (unpaired) electrons. The second-order valence-corrected chi connectivity index (χ2v) is 3.52. The maximum Gasteiger partial charge on any atom is 0.206 e. The minimum atomic E-state index is -1.39. The molecule has 0 aliphatic carbocycles. The minimum Gasteiger partial charge on any atom is -0.223 e. The summed E-state index contributed by atoms with van der Waals surface area (Å²) in [6.45, 7) is 0. The average Bonchev–Trinajstić information content (AvgIpc) is 2.05. The molecule has 1 atom stereocenters. The maximum absolute atomic E-state index is 11.3. The van der Waals surface area contributed by atoms with Crippen molar-refractivity contribution < 1.29 is 8.49 Å². The summed E-state index contributed by atoms with van der Waals surface area (Å²) in [7, 11) is 3.39. The topological polar surface area (TPSA) is 29.5 Å². The van der Waals surface area contributed by atoms with Crippen LogP contribution in [0.5, 0.6) is 0 Å². The molecule has 1 aromatic rings. The smallest absolute Gasteiger partial charge is 0.206 e. The Bertz CT molecular complexity index is 261. The summed E-state index contributed by atoms with van der Waals surface area (Å²) in [5.41, 5.74) is 0. The van der Waals surface area contributed by atoms with Crippen molar-refractivity contribution in [1.29, 1.82) is 0 Å². The summed E-state index contributed by atoms with van der Waals surface area (Å²) in [4.78, 5) is 0.672. The molecule has 0 N–H and O–H groups in total. The number of hydrogen-bond donors (Lipinski definition) is 0. The van der Waals surface area contributed by atoms with Gasteiger partial charge in [0.2, 0.25) is 11.1 Å². The van der Waals surface area contributed by atoms with Gasteiger partial charge in [-0.25, -0.2) is 4.21 Å². The van der Waals surface area contributed by atoms with Gasteiger partial charge in [0.25, 0.3) is 0 Å². The van der Waals surface area contributed by atoms with Gasteiger partial charge in [-0.2, -0.15) is 9.35 Å². The summed E-state index contributed by atoms with van der Waals surface area (Å²) >= 11 is -1.39. The van der Waals surface area contributed by atoms with Crippen LogP contribution in [-0.2, 0) is 15.4 Å². The van der Waals surface area contributed by atoms with E-state index < -0.39 is 11.1 Å². The Balaban J connectivity index is 2.66. The molecule has 4 heteroatoms. The lowest BCUT2D eigenvalue weighted by molar-refractivity contribution is 0.0138. The minimum absolute atomic E-state index is 0.672. The van der Waals surface area contributed by atoms with Crippen molar-refractivity contribution in [1.82, 2.24) is 5.06 Å². The third-order valence-corrected chi connectivity index (χ3v) is 2.24. The first kappa shape index (κ1) is 9.38. The van der Waals surface area contributed by atoms with Gasteiger partial charge < -0.3 is 0 Å². The van der Waals surface area contributed by atoms with Crippen molar-refractivity contribution in [3.05, 3.63) is 30.3 Å². The van der Waals surface area contributed by atoms with Gasteiger partial charge in [0, 0.05) is 14.1 Å². The first-order chi connectivity index (χ1) is 5.70. The van der Waals surface area contributed by atoms with Crippen LogP contribution in [0.4, 0.5) is 0 Å². The molecule has 3 nitrogen and oxygen atoms in total. The van der Waals surface area contributed by atoms with Gasteiger partial charge >= 0.3 is 0 Å². The number of rotatable bonds is 3. The Kier molecular flexibility index (Phi) is 3.40. The summed E-state index contributed by atoms with van der Waals surface area (Å²) < 4.78 is 16.2. The van der Waals surface area contributed by atoms with Gasteiger partial charge in [0.05, 0.1) is 4.90 Å². The molecule has 0 saturated heterocycles. The van der Waals surface area contributed by atoms with Crippen LogP contribution < -0.4 is 0 Å². The SMILES string of the molecule is CN(C)OS(=O)c1ccccc1. The summed E-state index contributed by atoms with van der Waals surface area (Å²) in [6.07, 6.45) is 0. The zero-order valence-electron chi connectivity index (χ0n) is 7.06. The van der Waals surface area contributed by atoms with Gasteiger partial charge in [-0.1, -0.05) is 18.2 Å². The van der Waals surface area contributed by atoms with Crippen molar-refractivity contribution in [3.8, 4) is 0 Å². The third-order valence-electron chi connectivity index (χ3n) is 1.15. The Hall–Kier alpha value is -0.710. The fourth-order valence-corrected chi connectivity index (χ4v) is 1.45. The highest BCUT2D eigenvalue weighted by Gasteiger charge is 2.03. The largest absolute Gasteiger partial charge is 0.223 e. The number of hydrogen-bond acceptors (Lipinski definition) is 3. The standard InChI is InChI=1S/C8H11NO2S/c1-9(2)11-12(10)8-6-4-3-5-7-8/h3-7H,1-2H3. The van der Waals surface area contributed by atoms with Gasteiger partial charge in [-0.3, -0.25) is 0 Å². The summed E-state index contributed by atoms with van der Waals surface area (Å²) in [6, 6.07) is 9.05. The molecule has 66 valence electrons. The van der Waals surface area contributed by atoms with E-state index in [0.29, 0.717) is 4.90 Å². The Morgan fingerprint density at radius 2 is 1.83 bits per heavy atom. The maximum atomic E-state index is 11.3. The van der Waals surface area contributed by atoms with E-state index in [2.05, 4.69) is 0 Å². The van der Waals surface area contributed by atoms with Crippen molar-refractivity contribution in [2.24, 2.45) is 0 Å². The molecule has 12 heavy (non-hydrogen) atoms. The Morgan fingerprint density at radius 1 is 1.25 bits per heavy atom. The van der Waals surface area contributed by atoms with Crippen LogP contribution in [-0.4, -0.2) is 23.4 Å². The first-order valence-electron chi connectivity index (χ1n) is 3.53. The third kappa shape index (κ3) is 2.73. The lowest BCUT2D eigenvalue weighted by Gasteiger charge is -2.07. The van der Waals surface area contributed by atoms with Crippen LogP contribution in [0.1, 0.15) is 0 Å². The molecule has 0 fully saturated rings. The van der Waals surface area contributed by atoms with Crippen LogP contribution in [0.3, 0.4) is 0 Å². The quantitative estimate of drug-likeness (QED) is 0.663. The van der Waals surface area contributed by atoms with Gasteiger partial charge in [0.1, 0.15) is 0 Å². The van der Waals surface area contributed by atoms with Crippen molar-refractivity contribution in [2.45, 2.75) is 4.90 Å². The first-order valence-corrected chi connectivity index (χ1v) is 4.60. The molecule has 0 aliphatic heterocycles. The molecule has 1 unspecified atom stereocenters. The van der Waals surface area contributed by atoms with Gasteiger partial charge in [0.15, 0.2) is 0 Å². The van der Waals surface area contributed by atoms with Crippen LogP contribution in [0.25, 0.3) is 0 Å². The predicted octanol–water partition coefficient (Wildman–Crippen LogP) is 1.20. The molecule has 1 rings (SSSR count). The summed E-state index contributed by atoms with van der Waals surface area (Å²) in [5.74, 6) is 0. The van der Waals surface area contributed by atoms with Crippen LogP contribution >= 0.6 is 0 Å². The van der Waals surface area contributed by atoms with E-state index in [9.17, 15) is 4.21 Å². The molecule has 0 amide bonds. The molecule has 0 aliphatic rings. The Labute approximate surface area is 74.6 Å². The van der Waals surface area contributed by atoms with Crippen LogP contribution in [0.15, 0.2) is 35.2 Å². The molecule has 0 spiro atoms. The van der Waals surface area contributed by atoms with Crippen LogP contribution in [0.2, 0.25) is 0 Å². The number of nitrogens with zero attached hydrogens (tertiary/aromatic N) is 1. The molecule has 0 saturated carbocycles. The lowest BCUT2D eigenvalue weighted by atomic mass is 10.4. The molecule has 0 heterocycles. The fourth-order valence-electron chi connectivity index (χ4n) is 0.710. The van der Waals surface area contributed by atoms with E-state index in [1.165, 1.54) is 5.06 Å². The van der Waals surface area contributed by atoms with E-state index in [0.717, 1.165) is 0 Å². The van der Waals surface area contributed by atoms with E-state index in [-0.39, 0.29) is 0 Å². The van der Waals surface area contributed by atoms with Crippen molar-refractivity contribution in [3.63, 3.8) is 0 Å². The van der Waals surface area contributed by atoms with Gasteiger partial charge in [-0.15, -0.1) is 0 Å². The fraction of sp³-hybridized carbons (Fsp3) is 0.250. The van der Waals surface area contributed by atoms with Crippen molar-refractivity contribution >= 4 is 11.1 Å². The molecule has 0 bridgehead atoms. The molecule has 0 aromatic heterocycles. The molecular formula is C8H11NO2S. The zero-order valence-corrected chi connectivity index (χ0v) is 7.88. The van der Waals surface area contributed by atoms with E-state index >= 15 is 0 Å². The van der Waals surface area contributed by atoms with Crippen molar-refractivity contribution in [2.75, 3.05) is 14.1 Å². The lowest BCUT2D eigenvalue weighted by Crippen LogP contribution is -2.14. The normalized spacial score (nSPS) is 13.2. The molecular weight excluding hydrogens is 174 g/mol. The predicted molar refractivity (Wildman–Crippen MR) is 47.6 cm³/mol. The highest BCUT2D eigenvalue weighted by atomic mass is 32.2. The Morgan fingerprint density at radius 3 is 2.33 bits per heavy atom.